The number of nitrogens with one attached hydrogen (secondary N) is 1. The smallest absolute Gasteiger partial charge is 0.282 e. The summed E-state index contributed by atoms with van der Waals surface area (Å²) in [5.74, 6) is 0. The van der Waals surface area contributed by atoms with Gasteiger partial charge in [-0.15, -0.1) is 0 Å². The fourth-order valence-corrected chi connectivity index (χ4v) is 2.87. The van der Waals surface area contributed by atoms with Gasteiger partial charge in [-0.2, -0.15) is 5.10 Å². The van der Waals surface area contributed by atoms with Gasteiger partial charge in [-0.05, 0) is 40.1 Å². The van der Waals surface area contributed by atoms with Gasteiger partial charge in [0.1, 0.15) is 4.47 Å². The Morgan fingerprint density at radius 2 is 1.96 bits per heavy atom. The third-order valence-corrected chi connectivity index (χ3v) is 4.62. The Morgan fingerprint density at radius 1 is 1.26 bits per heavy atom. The average Bonchev–Trinajstić information content (AvgIpc) is 2.57. The lowest BCUT2D eigenvalue weighted by Gasteiger charge is -2.18. The van der Waals surface area contributed by atoms with Crippen LogP contribution in [0.3, 0.4) is 0 Å². The molecule has 1 aromatic carbocycles. The van der Waals surface area contributed by atoms with Crippen molar-refractivity contribution in [2.24, 2.45) is 7.05 Å². The second-order valence-corrected chi connectivity index (χ2v) is 6.23. The van der Waals surface area contributed by atoms with E-state index in [4.69, 9.17) is 0 Å². The summed E-state index contributed by atoms with van der Waals surface area (Å²) < 4.78 is 1.81. The third kappa shape index (κ3) is 4.65. The molecule has 0 unspecified atom stereocenters. The number of hydrogen-bond acceptors (Lipinski definition) is 4. The first-order valence-electron chi connectivity index (χ1n) is 7.81. The number of anilines is 1. The molecule has 1 aromatic heterocycles. The van der Waals surface area contributed by atoms with Crippen LogP contribution in [0.5, 0.6) is 0 Å². The molecule has 6 heteroatoms. The Hall–Kier alpha value is -1.66. The summed E-state index contributed by atoms with van der Waals surface area (Å²) >= 11 is 3.33. The summed E-state index contributed by atoms with van der Waals surface area (Å²) in [7, 11) is 1.63. The largest absolute Gasteiger partial charge is 0.379 e. The minimum Gasteiger partial charge on any atom is -0.379 e. The van der Waals surface area contributed by atoms with Crippen molar-refractivity contribution in [1.82, 2.24) is 14.7 Å². The number of aryl methyl sites for hydroxylation is 1. The van der Waals surface area contributed by atoms with Gasteiger partial charge in [0.05, 0.1) is 11.9 Å². The maximum atomic E-state index is 11.9. The molecule has 0 aliphatic rings. The van der Waals surface area contributed by atoms with Gasteiger partial charge in [0.25, 0.3) is 5.56 Å². The van der Waals surface area contributed by atoms with Crippen molar-refractivity contribution in [3.05, 3.63) is 56.4 Å². The second kappa shape index (κ2) is 8.26. The van der Waals surface area contributed by atoms with Gasteiger partial charge in [-0.3, -0.25) is 9.69 Å². The molecular formula is C17H23BrN4O. The normalized spacial score (nSPS) is 11.0. The Bertz CT molecular complexity index is 710. The summed E-state index contributed by atoms with van der Waals surface area (Å²) in [4.78, 5) is 14.2. The van der Waals surface area contributed by atoms with E-state index < -0.39 is 0 Å². The SMILES string of the molecule is CCN(CC)Cc1cccc(CNc2cnn(C)c(=O)c2Br)c1. The Kier molecular flexibility index (Phi) is 6.36. The summed E-state index contributed by atoms with van der Waals surface area (Å²) in [6, 6.07) is 8.51. The lowest BCUT2D eigenvalue weighted by molar-refractivity contribution is 0.296. The maximum Gasteiger partial charge on any atom is 0.282 e. The number of rotatable bonds is 7. The van der Waals surface area contributed by atoms with Crippen LogP contribution in [0.25, 0.3) is 0 Å². The Balaban J connectivity index is 2.07. The van der Waals surface area contributed by atoms with Gasteiger partial charge >= 0.3 is 0 Å². The lowest BCUT2D eigenvalue weighted by Crippen LogP contribution is -2.22. The topological polar surface area (TPSA) is 50.2 Å². The van der Waals surface area contributed by atoms with Gasteiger partial charge in [0.2, 0.25) is 0 Å². The molecule has 0 saturated carbocycles. The molecule has 0 spiro atoms. The van der Waals surface area contributed by atoms with Crippen molar-refractivity contribution in [1.29, 1.82) is 0 Å². The summed E-state index contributed by atoms with van der Waals surface area (Å²) in [5.41, 5.74) is 3.05. The van der Waals surface area contributed by atoms with Crippen LogP contribution in [-0.2, 0) is 20.1 Å². The minimum absolute atomic E-state index is 0.148. The van der Waals surface area contributed by atoms with Crippen LogP contribution >= 0.6 is 15.9 Å². The second-order valence-electron chi connectivity index (χ2n) is 5.44. The van der Waals surface area contributed by atoms with E-state index in [-0.39, 0.29) is 5.56 Å². The standard InChI is InChI=1S/C17H23BrN4O/c1-4-22(5-2)12-14-8-6-7-13(9-14)10-19-15-11-20-21(3)17(23)16(15)18/h6-9,11,19H,4-5,10,12H2,1-3H3. The van der Waals surface area contributed by atoms with E-state index in [9.17, 15) is 4.79 Å². The van der Waals surface area contributed by atoms with Gasteiger partial charge in [0.15, 0.2) is 0 Å². The highest BCUT2D eigenvalue weighted by atomic mass is 79.9. The molecule has 0 amide bonds. The number of hydrogen-bond donors (Lipinski definition) is 1. The first-order valence-corrected chi connectivity index (χ1v) is 8.60. The van der Waals surface area contributed by atoms with Gasteiger partial charge in [-0.1, -0.05) is 38.1 Å². The maximum absolute atomic E-state index is 11.9. The summed E-state index contributed by atoms with van der Waals surface area (Å²) in [6.45, 7) is 8.05. The van der Waals surface area contributed by atoms with Crippen molar-refractivity contribution in [2.45, 2.75) is 26.9 Å². The number of aromatic nitrogens is 2. The van der Waals surface area contributed by atoms with Crippen LogP contribution in [0.2, 0.25) is 0 Å². The van der Waals surface area contributed by atoms with Crippen molar-refractivity contribution >= 4 is 21.6 Å². The van der Waals surface area contributed by atoms with Gasteiger partial charge in [-0.25, -0.2) is 4.68 Å². The molecule has 0 bridgehead atoms. The van der Waals surface area contributed by atoms with Crippen LogP contribution < -0.4 is 10.9 Å². The molecular weight excluding hydrogens is 356 g/mol. The predicted molar refractivity (Wildman–Crippen MR) is 97.6 cm³/mol. The number of nitrogens with zero attached hydrogens (tertiary/aromatic N) is 3. The zero-order valence-electron chi connectivity index (χ0n) is 13.8. The highest BCUT2D eigenvalue weighted by Gasteiger charge is 2.07. The molecule has 2 rings (SSSR count). The Morgan fingerprint density at radius 3 is 2.65 bits per heavy atom. The monoisotopic (exact) mass is 378 g/mol. The van der Waals surface area contributed by atoms with Gasteiger partial charge < -0.3 is 5.32 Å². The van der Waals surface area contributed by atoms with Crippen molar-refractivity contribution < 1.29 is 0 Å². The van der Waals surface area contributed by atoms with Crippen LogP contribution in [0.1, 0.15) is 25.0 Å². The molecule has 1 N–H and O–H groups in total. The predicted octanol–water partition coefficient (Wildman–Crippen LogP) is 3.00. The zero-order chi connectivity index (χ0) is 16.8. The minimum atomic E-state index is -0.148. The van der Waals surface area contributed by atoms with Crippen molar-refractivity contribution in [3.63, 3.8) is 0 Å². The van der Waals surface area contributed by atoms with E-state index in [2.05, 4.69) is 69.4 Å². The fraction of sp³-hybridized carbons (Fsp3) is 0.412. The number of halogens is 1. The molecule has 124 valence electrons. The summed E-state index contributed by atoms with van der Waals surface area (Å²) in [6.07, 6.45) is 1.66. The third-order valence-electron chi connectivity index (χ3n) is 3.85. The molecule has 0 radical (unpaired) electrons. The van der Waals surface area contributed by atoms with E-state index >= 15 is 0 Å². The van der Waals surface area contributed by atoms with Crippen LogP contribution in [0, 0.1) is 0 Å². The van der Waals surface area contributed by atoms with Gasteiger partial charge in [0, 0.05) is 20.1 Å². The van der Waals surface area contributed by atoms with E-state index in [1.807, 2.05) is 0 Å². The molecule has 2 aromatic rings. The van der Waals surface area contributed by atoms with Crippen LogP contribution in [-0.4, -0.2) is 27.8 Å². The Labute approximate surface area is 145 Å². The molecule has 0 aliphatic carbocycles. The van der Waals surface area contributed by atoms with E-state index in [0.717, 1.165) is 19.6 Å². The van der Waals surface area contributed by atoms with E-state index in [1.165, 1.54) is 15.8 Å². The highest BCUT2D eigenvalue weighted by Crippen LogP contribution is 2.17. The molecule has 0 atom stereocenters. The van der Waals surface area contributed by atoms with E-state index in [1.54, 1.807) is 13.2 Å². The first kappa shape index (κ1) is 17.7. The van der Waals surface area contributed by atoms with Crippen molar-refractivity contribution in [2.75, 3.05) is 18.4 Å². The number of benzene rings is 1. The molecule has 5 nitrogen and oxygen atoms in total. The quantitative estimate of drug-likeness (QED) is 0.804. The summed E-state index contributed by atoms with van der Waals surface area (Å²) in [5, 5.41) is 7.31. The molecule has 0 fully saturated rings. The first-order chi connectivity index (χ1) is 11.0. The average molecular weight is 379 g/mol. The fourth-order valence-electron chi connectivity index (χ4n) is 2.37. The molecule has 1 heterocycles. The van der Waals surface area contributed by atoms with Crippen LogP contribution in [0.4, 0.5) is 5.69 Å². The van der Waals surface area contributed by atoms with Crippen LogP contribution in [0.15, 0.2) is 39.7 Å². The molecule has 23 heavy (non-hydrogen) atoms. The van der Waals surface area contributed by atoms with Crippen molar-refractivity contribution in [3.8, 4) is 0 Å². The highest BCUT2D eigenvalue weighted by molar-refractivity contribution is 9.10. The lowest BCUT2D eigenvalue weighted by atomic mass is 10.1. The molecule has 0 saturated heterocycles. The zero-order valence-corrected chi connectivity index (χ0v) is 15.4. The molecule has 0 aliphatic heterocycles. The van der Waals surface area contributed by atoms with E-state index in [0.29, 0.717) is 16.7 Å².